The molecule has 6 nitrogen and oxygen atoms in total. The van der Waals surface area contributed by atoms with Crippen molar-refractivity contribution in [2.75, 3.05) is 13.2 Å². The Morgan fingerprint density at radius 3 is 1.33 bits per heavy atom. The van der Waals surface area contributed by atoms with Crippen molar-refractivity contribution >= 4 is 12.3 Å². The van der Waals surface area contributed by atoms with E-state index in [1.54, 1.807) is 0 Å². The van der Waals surface area contributed by atoms with Gasteiger partial charge in [-0.2, -0.15) is 0 Å². The molecule has 0 fully saturated rings. The van der Waals surface area contributed by atoms with Gasteiger partial charge in [0.2, 0.25) is 0 Å². The predicted molar refractivity (Wildman–Crippen MR) is 22.7 cm³/mol. The largest absolute Gasteiger partial charge is 1.00 e. The van der Waals surface area contributed by atoms with Crippen molar-refractivity contribution in [1.29, 1.82) is 0 Å². The van der Waals surface area contributed by atoms with Crippen LogP contribution in [0.25, 0.3) is 0 Å². The number of rotatable bonds is 3. The molecule has 0 saturated heterocycles. The molecule has 0 heterocycles. The van der Waals surface area contributed by atoms with Crippen LogP contribution in [0.3, 0.4) is 0 Å². The summed E-state index contributed by atoms with van der Waals surface area (Å²) in [5.41, 5.74) is 0. The van der Waals surface area contributed by atoms with Crippen molar-refractivity contribution in [3.63, 3.8) is 0 Å². The summed E-state index contributed by atoms with van der Waals surface area (Å²) in [6.45, 7) is -0.757. The van der Waals surface area contributed by atoms with Crippen LogP contribution in [0.4, 0.5) is 9.59 Å². The predicted octanol–water partition coefficient (Wildman–Crippen LogP) is -8.29. The zero-order valence-electron chi connectivity index (χ0n) is 6.86. The van der Waals surface area contributed by atoms with Gasteiger partial charge in [0.1, 0.15) is 0 Å². The SMILES string of the molecule is O=C([O-])OCCOC(=O)[O-].[Li+].[Li+]. The van der Waals surface area contributed by atoms with E-state index in [4.69, 9.17) is 0 Å². The molecule has 0 aromatic rings. The topological polar surface area (TPSA) is 98.7 Å². The molecular formula is C4H4Li2O6. The van der Waals surface area contributed by atoms with Crippen molar-refractivity contribution in [3.05, 3.63) is 0 Å². The van der Waals surface area contributed by atoms with E-state index in [2.05, 4.69) is 9.47 Å². The molecular weight excluding hydrogens is 158 g/mol. The Morgan fingerprint density at radius 2 is 1.17 bits per heavy atom. The van der Waals surface area contributed by atoms with Gasteiger partial charge in [-0.15, -0.1) is 0 Å². The second-order valence-electron chi connectivity index (χ2n) is 1.20. The van der Waals surface area contributed by atoms with Crippen LogP contribution in [0.1, 0.15) is 0 Å². The Kier molecular flexibility index (Phi) is 15.9. The van der Waals surface area contributed by atoms with Crippen LogP contribution in [-0.4, -0.2) is 25.5 Å². The molecule has 0 aliphatic carbocycles. The molecule has 0 amide bonds. The summed E-state index contributed by atoms with van der Waals surface area (Å²) in [7, 11) is 0. The van der Waals surface area contributed by atoms with E-state index in [1.165, 1.54) is 0 Å². The Balaban J connectivity index is -0.000000405. The summed E-state index contributed by atoms with van der Waals surface area (Å²) >= 11 is 0. The van der Waals surface area contributed by atoms with Crippen LogP contribution in [0.15, 0.2) is 0 Å². The molecule has 0 rings (SSSR count). The third-order valence-corrected chi connectivity index (χ3v) is 0.523. The van der Waals surface area contributed by atoms with E-state index >= 15 is 0 Å². The van der Waals surface area contributed by atoms with Gasteiger partial charge in [0.15, 0.2) is 0 Å². The van der Waals surface area contributed by atoms with E-state index < -0.39 is 12.3 Å². The molecule has 0 bridgehead atoms. The van der Waals surface area contributed by atoms with Gasteiger partial charge in [0, 0.05) is 13.2 Å². The van der Waals surface area contributed by atoms with Crippen molar-refractivity contribution < 1.29 is 67.0 Å². The van der Waals surface area contributed by atoms with Crippen LogP contribution < -0.4 is 47.9 Å². The van der Waals surface area contributed by atoms with Crippen molar-refractivity contribution in [1.82, 2.24) is 0 Å². The van der Waals surface area contributed by atoms with Gasteiger partial charge in [-0.25, -0.2) is 0 Å². The number of carboxylic acid groups (broad SMARTS) is 2. The van der Waals surface area contributed by atoms with Crippen molar-refractivity contribution in [3.8, 4) is 0 Å². The molecule has 0 aliphatic heterocycles. The van der Waals surface area contributed by atoms with Crippen LogP contribution in [0.2, 0.25) is 0 Å². The van der Waals surface area contributed by atoms with E-state index in [-0.39, 0.29) is 50.9 Å². The summed E-state index contributed by atoms with van der Waals surface area (Å²) < 4.78 is 7.56. The number of carbonyl (C=O) groups excluding carboxylic acids is 2. The molecule has 0 radical (unpaired) electrons. The van der Waals surface area contributed by atoms with E-state index in [1.807, 2.05) is 0 Å². The fourth-order valence-electron chi connectivity index (χ4n) is 0.250. The molecule has 0 N–H and O–H groups in total. The summed E-state index contributed by atoms with van der Waals surface area (Å²) in [6.07, 6.45) is -3.44. The Morgan fingerprint density at radius 1 is 0.917 bits per heavy atom. The fourth-order valence-corrected chi connectivity index (χ4v) is 0.250. The molecule has 0 saturated carbocycles. The standard InChI is InChI=1S/C4H6O6.2Li/c5-3(6)9-1-2-10-4(7)8;;/h1-2H2,(H,5,6)(H,7,8);;/q;2*+1/p-2. The number of ether oxygens (including phenoxy) is 2. The smallest absolute Gasteiger partial charge is 0.548 e. The fraction of sp³-hybridized carbons (Fsp3) is 0.500. The van der Waals surface area contributed by atoms with Crippen LogP contribution in [0, 0.1) is 0 Å². The molecule has 58 valence electrons. The van der Waals surface area contributed by atoms with E-state index in [9.17, 15) is 19.8 Å². The van der Waals surface area contributed by atoms with Crippen molar-refractivity contribution in [2.24, 2.45) is 0 Å². The number of hydrogen-bond acceptors (Lipinski definition) is 6. The molecule has 8 heteroatoms. The average Bonchev–Trinajstić information content (AvgIpc) is 1.79. The van der Waals surface area contributed by atoms with Crippen molar-refractivity contribution in [2.45, 2.75) is 0 Å². The first-order valence-corrected chi connectivity index (χ1v) is 2.30. The van der Waals surface area contributed by atoms with E-state index in [0.29, 0.717) is 0 Å². The van der Waals surface area contributed by atoms with Crippen LogP contribution in [0.5, 0.6) is 0 Å². The summed E-state index contributed by atoms with van der Waals surface area (Å²) in [6, 6.07) is 0. The van der Waals surface area contributed by atoms with Gasteiger partial charge in [0.25, 0.3) is 12.3 Å². The monoisotopic (exact) mass is 162 g/mol. The van der Waals surface area contributed by atoms with Crippen LogP contribution in [-0.2, 0) is 9.47 Å². The molecule has 0 aromatic heterocycles. The minimum atomic E-state index is -1.72. The Bertz CT molecular complexity index is 122. The van der Waals surface area contributed by atoms with Gasteiger partial charge >= 0.3 is 37.7 Å². The van der Waals surface area contributed by atoms with Gasteiger partial charge in [0.05, 0.1) is 0 Å². The van der Waals surface area contributed by atoms with Gasteiger partial charge in [-0.1, -0.05) is 0 Å². The zero-order valence-corrected chi connectivity index (χ0v) is 6.86. The third-order valence-electron chi connectivity index (χ3n) is 0.523. The third kappa shape index (κ3) is 16.4. The average molecular weight is 162 g/mol. The Labute approximate surface area is 92.6 Å². The van der Waals surface area contributed by atoms with E-state index in [0.717, 1.165) is 0 Å². The number of carbonyl (C=O) groups is 2. The van der Waals surface area contributed by atoms with Gasteiger partial charge in [-0.05, 0) is 0 Å². The molecule has 0 spiro atoms. The summed E-state index contributed by atoms with van der Waals surface area (Å²) in [5.74, 6) is 0. The van der Waals surface area contributed by atoms with Gasteiger partial charge in [-0.3, -0.25) is 0 Å². The maximum absolute atomic E-state index is 9.49. The maximum atomic E-state index is 9.49. The molecule has 0 unspecified atom stereocenters. The molecule has 0 aliphatic rings. The van der Waals surface area contributed by atoms with Gasteiger partial charge < -0.3 is 29.3 Å². The number of hydrogen-bond donors (Lipinski definition) is 0. The first-order valence-electron chi connectivity index (χ1n) is 2.30. The first kappa shape index (κ1) is 17.7. The molecule has 0 aromatic carbocycles. The Hall–Kier alpha value is -0.265. The van der Waals surface area contributed by atoms with Crippen LogP contribution >= 0.6 is 0 Å². The second-order valence-corrected chi connectivity index (χ2v) is 1.20. The quantitative estimate of drug-likeness (QED) is 0.232. The molecule has 0 atom stereocenters. The maximum Gasteiger partial charge on any atom is 1.00 e. The summed E-state index contributed by atoms with van der Waals surface area (Å²) in [5, 5.41) is 19.0. The molecule has 12 heavy (non-hydrogen) atoms. The normalized spacial score (nSPS) is 7.00. The second kappa shape index (κ2) is 10.7. The first-order chi connectivity index (χ1) is 4.63. The minimum Gasteiger partial charge on any atom is -0.548 e. The summed E-state index contributed by atoms with van der Waals surface area (Å²) in [4.78, 5) is 19.0. The zero-order chi connectivity index (χ0) is 7.98. The minimum absolute atomic E-state index is 0.